The zero-order valence-corrected chi connectivity index (χ0v) is 25.6. The first kappa shape index (κ1) is 33.5. The molecule has 3 aromatic rings. The van der Waals surface area contributed by atoms with Gasteiger partial charge in [-0.3, -0.25) is 4.98 Å². The maximum absolute atomic E-state index is 13.2. The molecule has 0 aliphatic carbocycles. The van der Waals surface area contributed by atoms with E-state index in [1.807, 2.05) is 0 Å². The lowest BCUT2D eigenvalue weighted by atomic mass is 9.88. The van der Waals surface area contributed by atoms with Crippen LogP contribution in [0.25, 0.3) is 11.0 Å². The Hall–Kier alpha value is -2.01. The Labute approximate surface area is 252 Å². The van der Waals surface area contributed by atoms with E-state index in [1.54, 1.807) is 30.5 Å². The number of aliphatic hydroxyl groups is 1. The van der Waals surface area contributed by atoms with Crippen molar-refractivity contribution in [3.8, 4) is 5.75 Å². The maximum Gasteiger partial charge on any atom is 0.244 e. The lowest BCUT2D eigenvalue weighted by Gasteiger charge is -2.38. The van der Waals surface area contributed by atoms with E-state index in [1.165, 1.54) is 29.7 Å². The van der Waals surface area contributed by atoms with Crippen LogP contribution >= 0.6 is 24.8 Å². The second kappa shape index (κ2) is 13.5. The number of rotatable bonds is 10. The van der Waals surface area contributed by atoms with Gasteiger partial charge in [0.2, 0.25) is 20.0 Å². The van der Waals surface area contributed by atoms with E-state index in [-0.39, 0.29) is 53.8 Å². The van der Waals surface area contributed by atoms with E-state index in [9.17, 15) is 21.9 Å². The van der Waals surface area contributed by atoms with Gasteiger partial charge < -0.3 is 24.9 Å². The Kier molecular flexibility index (Phi) is 11.0. The number of piperidine rings is 1. The minimum atomic E-state index is -3.66. The Balaban J connectivity index is 0.00000231. The number of aromatic amines is 1. The Morgan fingerprint density at radius 3 is 2.66 bits per heavy atom. The van der Waals surface area contributed by atoms with Gasteiger partial charge in [-0.1, -0.05) is 6.07 Å². The lowest BCUT2D eigenvalue weighted by molar-refractivity contribution is -0.0312. The van der Waals surface area contributed by atoms with E-state index in [2.05, 4.69) is 20.0 Å². The molecule has 2 aliphatic heterocycles. The highest BCUT2D eigenvalue weighted by molar-refractivity contribution is 7.89. The van der Waals surface area contributed by atoms with Gasteiger partial charge in [0.1, 0.15) is 23.4 Å². The van der Waals surface area contributed by atoms with E-state index in [0.29, 0.717) is 50.2 Å². The molecule has 2 atom stereocenters. The first-order valence-electron chi connectivity index (χ1n) is 12.8. The van der Waals surface area contributed by atoms with Gasteiger partial charge in [-0.2, -0.15) is 4.31 Å². The summed E-state index contributed by atoms with van der Waals surface area (Å²) in [7, 11) is -5.91. The zero-order valence-electron chi connectivity index (χ0n) is 22.4. The minimum absolute atomic E-state index is 0. The normalized spacial score (nSPS) is 19.9. The van der Waals surface area contributed by atoms with Crippen molar-refractivity contribution in [2.75, 3.05) is 39.9 Å². The number of hydrogen-bond donors (Lipinski definition) is 4. The monoisotopic (exact) mass is 651 g/mol. The largest absolute Gasteiger partial charge is 0.491 e. The fraction of sp³-hybridized carbons (Fsp3) is 0.480. The standard InChI is InChI=1S/C25H33N5O7S2.2ClH/c1-26-38(32,33)21-4-2-3-20(11-21)36-17-19(31)14-28-18-13-25(37-16-18)6-9-30(10-7-25)39(34,35)22-12-24-23(29-15-22)5-8-27-24;;/h2-5,8,11-12,15,18-19,26-28,31H,6-7,9-10,13-14,16-17H2,1H3;2*1H/t18-,19?;;/m1../s1. The molecule has 0 amide bonds. The molecule has 41 heavy (non-hydrogen) atoms. The van der Waals surface area contributed by atoms with Crippen LogP contribution in [-0.4, -0.2) is 93.9 Å². The second-order valence-corrected chi connectivity index (χ2v) is 13.8. The van der Waals surface area contributed by atoms with Crippen molar-refractivity contribution >= 4 is 55.9 Å². The number of H-pyrrole nitrogens is 1. The van der Waals surface area contributed by atoms with Crippen molar-refractivity contribution in [1.29, 1.82) is 0 Å². The molecule has 1 spiro atoms. The van der Waals surface area contributed by atoms with Crippen molar-refractivity contribution in [2.24, 2.45) is 0 Å². The molecule has 2 saturated heterocycles. The van der Waals surface area contributed by atoms with Gasteiger partial charge in [0.25, 0.3) is 0 Å². The van der Waals surface area contributed by atoms with Gasteiger partial charge in [-0.15, -0.1) is 24.8 Å². The summed E-state index contributed by atoms with van der Waals surface area (Å²) in [5, 5.41) is 13.7. The minimum Gasteiger partial charge on any atom is -0.491 e. The van der Waals surface area contributed by atoms with Crippen LogP contribution in [0.3, 0.4) is 0 Å². The van der Waals surface area contributed by atoms with E-state index in [0.717, 1.165) is 5.52 Å². The summed E-state index contributed by atoms with van der Waals surface area (Å²) in [5.74, 6) is 0.346. The quantitative estimate of drug-likeness (QED) is 0.255. The van der Waals surface area contributed by atoms with Crippen LogP contribution in [0.1, 0.15) is 19.3 Å². The number of halogens is 2. The predicted molar refractivity (Wildman–Crippen MR) is 158 cm³/mol. The number of benzene rings is 1. The second-order valence-electron chi connectivity index (χ2n) is 9.94. The summed E-state index contributed by atoms with van der Waals surface area (Å²) in [5.41, 5.74) is 1.00. The van der Waals surface area contributed by atoms with Crippen LogP contribution < -0.4 is 14.8 Å². The molecular formula is C25H35Cl2N5O7S2. The van der Waals surface area contributed by atoms with Crippen molar-refractivity contribution in [2.45, 2.75) is 46.8 Å². The van der Waals surface area contributed by atoms with Crippen molar-refractivity contribution < 1.29 is 31.4 Å². The zero-order chi connectivity index (χ0) is 27.7. The van der Waals surface area contributed by atoms with Gasteiger partial charge in [0.05, 0.1) is 28.1 Å². The summed E-state index contributed by atoms with van der Waals surface area (Å²) in [4.78, 5) is 7.50. The van der Waals surface area contributed by atoms with Crippen LogP contribution in [0.5, 0.6) is 5.75 Å². The van der Waals surface area contributed by atoms with Crippen LogP contribution in [0, 0.1) is 0 Å². The van der Waals surface area contributed by atoms with Gasteiger partial charge in [0, 0.05) is 44.1 Å². The number of hydrogen-bond acceptors (Lipinski definition) is 9. The maximum atomic E-state index is 13.2. The first-order valence-corrected chi connectivity index (χ1v) is 15.7. The van der Waals surface area contributed by atoms with Gasteiger partial charge in [-0.25, -0.2) is 21.6 Å². The third-order valence-corrected chi connectivity index (χ3v) is 10.6. The van der Waals surface area contributed by atoms with Crippen LogP contribution in [-0.2, 0) is 24.8 Å². The Bertz CT molecular complexity index is 1530. The topological polar surface area (TPSA) is 163 Å². The van der Waals surface area contributed by atoms with Crippen LogP contribution in [0.15, 0.2) is 58.6 Å². The molecule has 4 heterocycles. The Morgan fingerprint density at radius 1 is 1.17 bits per heavy atom. The van der Waals surface area contributed by atoms with E-state index >= 15 is 0 Å². The SMILES string of the molecule is CNS(=O)(=O)c1cccc(OCC(O)CN[C@H]2COC3(CCN(S(=O)(=O)c4cnc5cc[nH]c5c4)CC3)C2)c1.Cl.Cl. The smallest absolute Gasteiger partial charge is 0.244 e. The van der Waals surface area contributed by atoms with Gasteiger partial charge in [-0.05, 0) is 50.6 Å². The molecule has 1 aromatic carbocycles. The van der Waals surface area contributed by atoms with Gasteiger partial charge >= 0.3 is 0 Å². The molecule has 228 valence electrons. The lowest BCUT2D eigenvalue weighted by Crippen LogP contribution is -2.47. The average molecular weight is 653 g/mol. The summed E-state index contributed by atoms with van der Waals surface area (Å²) in [6.07, 6.45) is 4.20. The summed E-state index contributed by atoms with van der Waals surface area (Å²) in [6.45, 7) is 1.45. The van der Waals surface area contributed by atoms with Gasteiger partial charge in [0.15, 0.2) is 0 Å². The van der Waals surface area contributed by atoms with Crippen LogP contribution in [0.2, 0.25) is 0 Å². The summed E-state index contributed by atoms with van der Waals surface area (Å²) in [6, 6.07) is 9.51. The highest BCUT2D eigenvalue weighted by Gasteiger charge is 2.44. The van der Waals surface area contributed by atoms with E-state index in [4.69, 9.17) is 9.47 Å². The number of nitrogens with one attached hydrogen (secondary N) is 3. The molecule has 0 bridgehead atoms. The van der Waals surface area contributed by atoms with Crippen molar-refractivity contribution in [3.05, 3.63) is 48.8 Å². The fourth-order valence-electron chi connectivity index (χ4n) is 5.07. The number of sulfonamides is 2. The molecule has 2 aliphatic rings. The molecule has 5 rings (SSSR count). The predicted octanol–water partition coefficient (Wildman–Crippen LogP) is 1.66. The number of pyridine rings is 1. The third-order valence-electron chi connectivity index (χ3n) is 7.32. The molecule has 0 radical (unpaired) electrons. The fourth-order valence-corrected chi connectivity index (χ4v) is 7.24. The van der Waals surface area contributed by atoms with Crippen LogP contribution in [0.4, 0.5) is 0 Å². The molecule has 1 unspecified atom stereocenters. The molecule has 2 fully saturated rings. The third kappa shape index (κ3) is 7.50. The number of ether oxygens (including phenoxy) is 2. The average Bonchev–Trinajstić information content (AvgIpc) is 3.58. The molecule has 2 aromatic heterocycles. The molecule has 12 nitrogen and oxygen atoms in total. The highest BCUT2D eigenvalue weighted by Crippen LogP contribution is 2.37. The molecule has 16 heteroatoms. The van der Waals surface area contributed by atoms with Crippen molar-refractivity contribution in [3.63, 3.8) is 0 Å². The number of aliphatic hydroxyl groups excluding tert-OH is 1. The molecule has 4 N–H and O–H groups in total. The number of aromatic nitrogens is 2. The number of fused-ring (bicyclic) bond motifs is 1. The number of nitrogens with zero attached hydrogens (tertiary/aromatic N) is 2. The Morgan fingerprint density at radius 2 is 1.93 bits per heavy atom. The highest BCUT2D eigenvalue weighted by atomic mass is 35.5. The summed E-state index contributed by atoms with van der Waals surface area (Å²) < 4.78 is 65.8. The van der Waals surface area contributed by atoms with E-state index < -0.39 is 31.8 Å². The molecular weight excluding hydrogens is 617 g/mol. The summed E-state index contributed by atoms with van der Waals surface area (Å²) >= 11 is 0. The molecule has 0 saturated carbocycles. The first-order chi connectivity index (χ1) is 18.6. The van der Waals surface area contributed by atoms with Crippen molar-refractivity contribution in [1.82, 2.24) is 24.3 Å².